The maximum absolute atomic E-state index is 10.8. The molecule has 0 atom stereocenters. The first-order valence-corrected chi connectivity index (χ1v) is 5.21. The van der Waals surface area contributed by atoms with E-state index in [-0.39, 0.29) is 15.7 Å². The molecule has 0 saturated carbocycles. The third-order valence-electron chi connectivity index (χ3n) is 1.64. The van der Waals surface area contributed by atoms with Crippen LogP contribution >= 0.6 is 11.6 Å². The van der Waals surface area contributed by atoms with E-state index in [1.54, 1.807) is 0 Å². The highest BCUT2D eigenvalue weighted by molar-refractivity contribution is 7.72. The van der Waals surface area contributed by atoms with Gasteiger partial charge in [-0.05, 0) is 0 Å². The second-order valence-corrected chi connectivity index (χ2v) is 3.79. The number of hydrogen-bond acceptors (Lipinski definition) is 4. The van der Waals surface area contributed by atoms with E-state index in [0.717, 1.165) is 0 Å². The highest BCUT2D eigenvalue weighted by Crippen LogP contribution is 2.32. The predicted molar refractivity (Wildman–Crippen MR) is 53.1 cm³/mol. The third-order valence-corrected chi connectivity index (χ3v) is 2.90. The Hall–Kier alpha value is -0.940. The number of benzene rings is 1. The monoisotopic (exact) mass is 236 g/mol. The van der Waals surface area contributed by atoms with Crippen molar-refractivity contribution in [2.45, 2.75) is 4.90 Å². The van der Waals surface area contributed by atoms with Crippen LogP contribution in [0.5, 0.6) is 11.5 Å². The van der Waals surface area contributed by atoms with Gasteiger partial charge in [-0.1, -0.05) is 11.6 Å². The average molecular weight is 237 g/mol. The topological polar surface area (TPSA) is 52.6 Å². The Labute approximate surface area is 88.3 Å². The van der Waals surface area contributed by atoms with Gasteiger partial charge in [0.05, 0.1) is 19.2 Å². The smallest absolute Gasteiger partial charge is 0.173 e. The Balaban J connectivity index is 3.42. The van der Waals surface area contributed by atoms with Crippen molar-refractivity contribution in [3.05, 3.63) is 17.2 Å². The Morgan fingerprint density at radius 1 is 1.21 bits per heavy atom. The van der Waals surface area contributed by atoms with Crippen LogP contribution in [0.2, 0.25) is 5.02 Å². The fourth-order valence-electron chi connectivity index (χ4n) is 1.00. The molecule has 0 radical (unpaired) electrons. The van der Waals surface area contributed by atoms with Crippen molar-refractivity contribution < 1.29 is 17.9 Å². The molecule has 1 rings (SSSR count). The molecular weight excluding hydrogens is 228 g/mol. The molecule has 0 bridgehead atoms. The standard InChI is InChI=1S/C8H9ClO4S/c1-12-5-3-6(9)8(14(10)11)7(4-5)13-2/h3-4,14H,1-2H3. The van der Waals surface area contributed by atoms with Gasteiger partial charge in [0.25, 0.3) is 0 Å². The zero-order valence-electron chi connectivity index (χ0n) is 7.61. The maximum Gasteiger partial charge on any atom is 0.173 e. The van der Waals surface area contributed by atoms with Gasteiger partial charge < -0.3 is 9.47 Å². The molecular formula is C8H9ClO4S. The average Bonchev–Trinajstić information content (AvgIpc) is 2.15. The lowest BCUT2D eigenvalue weighted by Gasteiger charge is -2.07. The number of hydrogen-bond donors (Lipinski definition) is 1. The summed E-state index contributed by atoms with van der Waals surface area (Å²) in [5.74, 6) is 0.637. The molecule has 0 N–H and O–H groups in total. The summed E-state index contributed by atoms with van der Waals surface area (Å²) in [6.07, 6.45) is 0. The van der Waals surface area contributed by atoms with Crippen molar-refractivity contribution in [2.75, 3.05) is 14.2 Å². The van der Waals surface area contributed by atoms with E-state index in [4.69, 9.17) is 21.1 Å². The molecule has 0 amide bonds. The molecule has 0 aliphatic rings. The van der Waals surface area contributed by atoms with Gasteiger partial charge in [-0.3, -0.25) is 0 Å². The number of rotatable bonds is 3. The lowest BCUT2D eigenvalue weighted by atomic mass is 10.3. The summed E-state index contributed by atoms with van der Waals surface area (Å²) in [5, 5.41) is 0.0947. The number of thiol groups is 1. The normalized spacial score (nSPS) is 10.3. The van der Waals surface area contributed by atoms with Crippen molar-refractivity contribution in [1.29, 1.82) is 0 Å². The molecule has 0 saturated heterocycles. The maximum atomic E-state index is 10.8. The fraction of sp³-hybridized carbons (Fsp3) is 0.250. The van der Waals surface area contributed by atoms with Crippen LogP contribution in [0.15, 0.2) is 17.0 Å². The van der Waals surface area contributed by atoms with Crippen LogP contribution in [-0.4, -0.2) is 22.6 Å². The van der Waals surface area contributed by atoms with E-state index in [2.05, 4.69) is 0 Å². The van der Waals surface area contributed by atoms with E-state index in [9.17, 15) is 8.42 Å². The van der Waals surface area contributed by atoms with Gasteiger partial charge in [-0.2, -0.15) is 0 Å². The van der Waals surface area contributed by atoms with Crippen molar-refractivity contribution in [1.82, 2.24) is 0 Å². The van der Waals surface area contributed by atoms with Crippen molar-refractivity contribution in [3.63, 3.8) is 0 Å². The minimum atomic E-state index is -2.77. The molecule has 4 nitrogen and oxygen atoms in total. The zero-order valence-corrected chi connectivity index (χ0v) is 9.26. The first-order valence-electron chi connectivity index (χ1n) is 3.66. The van der Waals surface area contributed by atoms with Gasteiger partial charge in [0.1, 0.15) is 16.4 Å². The van der Waals surface area contributed by atoms with E-state index in [1.165, 1.54) is 26.4 Å². The lowest BCUT2D eigenvalue weighted by molar-refractivity contribution is 0.386. The van der Waals surface area contributed by atoms with Crippen LogP contribution in [0.3, 0.4) is 0 Å². The Morgan fingerprint density at radius 2 is 1.86 bits per heavy atom. The summed E-state index contributed by atoms with van der Waals surface area (Å²) in [7, 11) is 0.0559. The molecule has 1 aromatic rings. The third kappa shape index (κ3) is 2.10. The van der Waals surface area contributed by atoms with Crippen LogP contribution < -0.4 is 9.47 Å². The second kappa shape index (κ2) is 4.52. The van der Waals surface area contributed by atoms with Crippen LogP contribution in [0.25, 0.3) is 0 Å². The molecule has 0 heterocycles. The highest BCUT2D eigenvalue weighted by atomic mass is 35.5. The van der Waals surface area contributed by atoms with Gasteiger partial charge in [0.2, 0.25) is 0 Å². The Morgan fingerprint density at radius 3 is 2.29 bits per heavy atom. The molecule has 0 aliphatic carbocycles. The minimum Gasteiger partial charge on any atom is -0.497 e. The van der Waals surface area contributed by atoms with Gasteiger partial charge in [-0.25, -0.2) is 8.42 Å². The molecule has 0 fully saturated rings. The van der Waals surface area contributed by atoms with E-state index >= 15 is 0 Å². The van der Waals surface area contributed by atoms with Gasteiger partial charge >= 0.3 is 0 Å². The summed E-state index contributed by atoms with van der Waals surface area (Å²) in [6.45, 7) is 0. The first kappa shape index (κ1) is 11.1. The first-order chi connectivity index (χ1) is 6.60. The summed E-state index contributed by atoms with van der Waals surface area (Å²) in [4.78, 5) is -0.0232. The molecule has 0 spiro atoms. The summed E-state index contributed by atoms with van der Waals surface area (Å²) >= 11 is 5.74. The lowest BCUT2D eigenvalue weighted by Crippen LogP contribution is -1.93. The predicted octanol–water partition coefficient (Wildman–Crippen LogP) is 1.33. The van der Waals surface area contributed by atoms with Crippen LogP contribution in [-0.2, 0) is 10.7 Å². The summed E-state index contributed by atoms with van der Waals surface area (Å²) in [6, 6.07) is 2.89. The molecule has 6 heteroatoms. The molecule has 0 aromatic heterocycles. The fourth-order valence-corrected chi connectivity index (χ4v) is 1.98. The largest absolute Gasteiger partial charge is 0.497 e. The number of methoxy groups -OCH3 is 2. The van der Waals surface area contributed by atoms with Gasteiger partial charge in [-0.15, -0.1) is 0 Å². The van der Waals surface area contributed by atoms with Gasteiger partial charge in [0, 0.05) is 12.1 Å². The van der Waals surface area contributed by atoms with Crippen LogP contribution in [0.1, 0.15) is 0 Å². The number of ether oxygens (including phenoxy) is 2. The Bertz CT molecular complexity index is 406. The SMILES string of the molecule is COc1cc(Cl)c([SH](=O)=O)c(OC)c1. The van der Waals surface area contributed by atoms with Crippen molar-refractivity contribution in [3.8, 4) is 11.5 Å². The number of halogens is 1. The minimum absolute atomic E-state index is 0.0232. The summed E-state index contributed by atoms with van der Waals surface area (Å²) < 4.78 is 31.5. The van der Waals surface area contributed by atoms with Crippen molar-refractivity contribution >= 4 is 22.3 Å². The summed E-state index contributed by atoms with van der Waals surface area (Å²) in [5.41, 5.74) is 0. The second-order valence-electron chi connectivity index (χ2n) is 2.42. The highest BCUT2D eigenvalue weighted by Gasteiger charge is 2.12. The van der Waals surface area contributed by atoms with E-state index < -0.39 is 10.7 Å². The quantitative estimate of drug-likeness (QED) is 0.805. The molecule has 1 aromatic carbocycles. The molecule has 0 aliphatic heterocycles. The van der Waals surface area contributed by atoms with Crippen LogP contribution in [0, 0.1) is 0 Å². The van der Waals surface area contributed by atoms with E-state index in [0.29, 0.717) is 5.75 Å². The van der Waals surface area contributed by atoms with Crippen LogP contribution in [0.4, 0.5) is 0 Å². The van der Waals surface area contributed by atoms with Gasteiger partial charge in [0.15, 0.2) is 10.7 Å². The molecule has 14 heavy (non-hydrogen) atoms. The molecule has 78 valence electrons. The zero-order chi connectivity index (χ0) is 10.7. The van der Waals surface area contributed by atoms with Crippen molar-refractivity contribution in [2.24, 2.45) is 0 Å². The van der Waals surface area contributed by atoms with E-state index in [1.807, 2.05) is 0 Å². The molecule has 0 unspecified atom stereocenters. The Kier molecular flexibility index (Phi) is 3.60.